The van der Waals surface area contributed by atoms with E-state index in [1.165, 1.54) is 0 Å². The molecule has 1 heterocycles. The molecule has 0 radical (unpaired) electrons. The molecule has 0 aromatic carbocycles. The van der Waals surface area contributed by atoms with Gasteiger partial charge in [0.05, 0.1) is 12.7 Å². The first-order valence-corrected chi connectivity index (χ1v) is 5.11. The van der Waals surface area contributed by atoms with Gasteiger partial charge in [0, 0.05) is 19.1 Å². The second kappa shape index (κ2) is 5.79. The molecule has 1 aliphatic rings. The molecule has 1 rings (SSSR count). The Bertz CT molecular complexity index is 113. The van der Waals surface area contributed by atoms with Crippen molar-refractivity contribution in [2.45, 2.75) is 25.9 Å². The van der Waals surface area contributed by atoms with Gasteiger partial charge in [-0.3, -0.25) is 0 Å². The van der Waals surface area contributed by atoms with Gasteiger partial charge in [0.2, 0.25) is 0 Å². The molecule has 0 N–H and O–H groups in total. The molecule has 0 saturated carbocycles. The summed E-state index contributed by atoms with van der Waals surface area (Å²) >= 11 is 5.66. The van der Waals surface area contributed by atoms with Crippen LogP contribution >= 0.6 is 11.6 Å². The van der Waals surface area contributed by atoms with Crippen molar-refractivity contribution in [3.8, 4) is 0 Å². The van der Waals surface area contributed by atoms with Crippen LogP contribution in [-0.4, -0.2) is 31.8 Å². The van der Waals surface area contributed by atoms with Crippen molar-refractivity contribution in [3.05, 3.63) is 0 Å². The van der Waals surface area contributed by atoms with E-state index < -0.39 is 0 Å². The Labute approximate surface area is 79.2 Å². The first kappa shape index (κ1) is 10.3. The fourth-order valence-corrected chi connectivity index (χ4v) is 1.28. The summed E-state index contributed by atoms with van der Waals surface area (Å²) in [6, 6.07) is 0. The van der Waals surface area contributed by atoms with Gasteiger partial charge in [-0.2, -0.15) is 0 Å². The van der Waals surface area contributed by atoms with Crippen molar-refractivity contribution in [1.82, 2.24) is 0 Å². The minimum Gasteiger partial charge on any atom is -0.381 e. The molecule has 0 aromatic rings. The van der Waals surface area contributed by atoms with E-state index in [9.17, 15) is 0 Å². The lowest BCUT2D eigenvalue weighted by molar-refractivity contribution is -0.0393. The summed E-state index contributed by atoms with van der Waals surface area (Å²) < 4.78 is 10.9. The van der Waals surface area contributed by atoms with Crippen LogP contribution in [0.5, 0.6) is 0 Å². The van der Waals surface area contributed by atoms with Crippen LogP contribution in [0, 0.1) is 5.92 Å². The second-order valence-corrected chi connectivity index (χ2v) is 3.71. The lowest BCUT2D eigenvalue weighted by atomic mass is 10.1. The maximum absolute atomic E-state index is 5.67. The quantitative estimate of drug-likeness (QED) is 0.635. The summed E-state index contributed by atoms with van der Waals surface area (Å²) in [7, 11) is 0. The highest BCUT2D eigenvalue weighted by Gasteiger charge is 2.14. The number of ether oxygens (including phenoxy) is 2. The maximum atomic E-state index is 5.67. The fourth-order valence-electron chi connectivity index (χ4n) is 1.19. The lowest BCUT2D eigenvalue weighted by Crippen LogP contribution is -2.25. The van der Waals surface area contributed by atoms with E-state index in [0.29, 0.717) is 17.9 Å². The SMILES string of the molecule is CC(CCl)COC1CCOCC1. The average Bonchev–Trinajstić information content (AvgIpc) is 2.16. The first-order chi connectivity index (χ1) is 5.83. The van der Waals surface area contributed by atoms with Gasteiger partial charge in [-0.05, 0) is 18.8 Å². The van der Waals surface area contributed by atoms with Crippen molar-refractivity contribution >= 4 is 11.6 Å². The summed E-state index contributed by atoms with van der Waals surface area (Å²) in [5.41, 5.74) is 0. The molecule has 1 aliphatic heterocycles. The highest BCUT2D eigenvalue weighted by molar-refractivity contribution is 6.18. The molecular weight excluding hydrogens is 176 g/mol. The van der Waals surface area contributed by atoms with Gasteiger partial charge >= 0.3 is 0 Å². The Morgan fingerprint density at radius 1 is 1.50 bits per heavy atom. The van der Waals surface area contributed by atoms with Gasteiger partial charge in [-0.1, -0.05) is 6.92 Å². The zero-order valence-electron chi connectivity index (χ0n) is 7.59. The van der Waals surface area contributed by atoms with E-state index in [1.54, 1.807) is 0 Å². The van der Waals surface area contributed by atoms with Gasteiger partial charge in [-0.15, -0.1) is 11.6 Å². The molecule has 0 spiro atoms. The third kappa shape index (κ3) is 3.74. The van der Waals surface area contributed by atoms with E-state index in [4.69, 9.17) is 21.1 Å². The second-order valence-electron chi connectivity index (χ2n) is 3.40. The van der Waals surface area contributed by atoms with Gasteiger partial charge in [0.15, 0.2) is 0 Å². The number of hydrogen-bond acceptors (Lipinski definition) is 2. The predicted octanol–water partition coefficient (Wildman–Crippen LogP) is 2.06. The molecule has 3 heteroatoms. The molecule has 2 nitrogen and oxygen atoms in total. The zero-order chi connectivity index (χ0) is 8.81. The molecule has 12 heavy (non-hydrogen) atoms. The minimum atomic E-state index is 0.407. The van der Waals surface area contributed by atoms with Crippen molar-refractivity contribution in [1.29, 1.82) is 0 Å². The van der Waals surface area contributed by atoms with Crippen molar-refractivity contribution in [2.24, 2.45) is 5.92 Å². The molecule has 1 saturated heterocycles. The number of alkyl halides is 1. The Kier molecular flexibility index (Phi) is 4.96. The van der Waals surface area contributed by atoms with E-state index >= 15 is 0 Å². The van der Waals surface area contributed by atoms with E-state index in [0.717, 1.165) is 32.7 Å². The number of rotatable bonds is 4. The van der Waals surface area contributed by atoms with Gasteiger partial charge in [0.1, 0.15) is 0 Å². The predicted molar refractivity (Wildman–Crippen MR) is 49.7 cm³/mol. The first-order valence-electron chi connectivity index (χ1n) is 4.58. The van der Waals surface area contributed by atoms with Crippen LogP contribution in [0.4, 0.5) is 0 Å². The summed E-state index contributed by atoms with van der Waals surface area (Å²) in [4.78, 5) is 0. The molecule has 0 bridgehead atoms. The molecule has 1 atom stereocenters. The van der Waals surface area contributed by atoms with Crippen LogP contribution in [0.3, 0.4) is 0 Å². The summed E-state index contributed by atoms with van der Waals surface area (Å²) in [6.07, 6.45) is 2.48. The maximum Gasteiger partial charge on any atom is 0.0619 e. The van der Waals surface area contributed by atoms with Crippen LogP contribution in [0.2, 0.25) is 0 Å². The van der Waals surface area contributed by atoms with Gasteiger partial charge < -0.3 is 9.47 Å². The minimum absolute atomic E-state index is 0.407. The summed E-state index contributed by atoms with van der Waals surface area (Å²) in [5.74, 6) is 1.15. The number of hydrogen-bond donors (Lipinski definition) is 0. The van der Waals surface area contributed by atoms with Crippen molar-refractivity contribution in [2.75, 3.05) is 25.7 Å². The normalized spacial score (nSPS) is 22.5. The Balaban J connectivity index is 2.05. The van der Waals surface area contributed by atoms with E-state index in [-0.39, 0.29) is 0 Å². The topological polar surface area (TPSA) is 18.5 Å². The highest BCUT2D eigenvalue weighted by Crippen LogP contribution is 2.12. The van der Waals surface area contributed by atoms with Crippen LogP contribution in [0.15, 0.2) is 0 Å². The molecular formula is C9H17ClO2. The van der Waals surface area contributed by atoms with E-state index in [2.05, 4.69) is 6.92 Å². The zero-order valence-corrected chi connectivity index (χ0v) is 8.35. The van der Waals surface area contributed by atoms with Gasteiger partial charge in [-0.25, -0.2) is 0 Å². The Hall–Kier alpha value is 0.210. The molecule has 72 valence electrons. The Morgan fingerprint density at radius 3 is 2.75 bits per heavy atom. The molecule has 1 unspecified atom stereocenters. The third-order valence-electron chi connectivity index (χ3n) is 2.05. The molecule has 0 amide bonds. The summed E-state index contributed by atoms with van der Waals surface area (Å²) in [5, 5.41) is 0. The standard InChI is InChI=1S/C9H17ClO2/c1-8(6-10)7-12-9-2-4-11-5-3-9/h8-9H,2-7H2,1H3. The smallest absolute Gasteiger partial charge is 0.0619 e. The molecule has 1 fully saturated rings. The molecule has 0 aliphatic carbocycles. The van der Waals surface area contributed by atoms with Crippen LogP contribution in [-0.2, 0) is 9.47 Å². The summed E-state index contributed by atoms with van der Waals surface area (Å²) in [6.45, 7) is 4.58. The van der Waals surface area contributed by atoms with Crippen molar-refractivity contribution in [3.63, 3.8) is 0 Å². The lowest BCUT2D eigenvalue weighted by Gasteiger charge is -2.23. The van der Waals surface area contributed by atoms with Gasteiger partial charge in [0.25, 0.3) is 0 Å². The van der Waals surface area contributed by atoms with E-state index in [1.807, 2.05) is 0 Å². The Morgan fingerprint density at radius 2 is 2.17 bits per heavy atom. The third-order valence-corrected chi connectivity index (χ3v) is 2.58. The molecule has 0 aromatic heterocycles. The number of halogens is 1. The van der Waals surface area contributed by atoms with Crippen molar-refractivity contribution < 1.29 is 9.47 Å². The average molecular weight is 193 g/mol. The largest absolute Gasteiger partial charge is 0.381 e. The van der Waals surface area contributed by atoms with Crippen LogP contribution in [0.1, 0.15) is 19.8 Å². The highest BCUT2D eigenvalue weighted by atomic mass is 35.5. The van der Waals surface area contributed by atoms with Crippen LogP contribution < -0.4 is 0 Å². The van der Waals surface area contributed by atoms with Crippen LogP contribution in [0.25, 0.3) is 0 Å². The fraction of sp³-hybridized carbons (Fsp3) is 1.00. The monoisotopic (exact) mass is 192 g/mol.